The summed E-state index contributed by atoms with van der Waals surface area (Å²) in [6.45, 7) is 0.304. The summed E-state index contributed by atoms with van der Waals surface area (Å²) in [4.78, 5) is 11.9. The van der Waals surface area contributed by atoms with Crippen LogP contribution >= 0.6 is 0 Å². The van der Waals surface area contributed by atoms with Crippen LogP contribution in [0.4, 0.5) is 0 Å². The van der Waals surface area contributed by atoms with Gasteiger partial charge in [0.1, 0.15) is 0 Å². The van der Waals surface area contributed by atoms with Crippen LogP contribution in [0.2, 0.25) is 0 Å². The van der Waals surface area contributed by atoms with Gasteiger partial charge in [0, 0.05) is 12.6 Å². The molecule has 6 nitrogen and oxygen atoms in total. The zero-order valence-corrected chi connectivity index (χ0v) is 13.4. The van der Waals surface area contributed by atoms with Gasteiger partial charge in [-0.3, -0.25) is 4.79 Å². The second-order valence-electron chi connectivity index (χ2n) is 4.99. The lowest BCUT2D eigenvalue weighted by Gasteiger charge is -2.07. The lowest BCUT2D eigenvalue weighted by molar-refractivity contribution is -0.116. The van der Waals surface area contributed by atoms with Crippen LogP contribution in [0.1, 0.15) is 11.1 Å². The van der Waals surface area contributed by atoms with Crippen LogP contribution in [-0.2, 0) is 11.3 Å². The number of nitrogens with one attached hydrogen (secondary N) is 1. The van der Waals surface area contributed by atoms with Crippen LogP contribution in [0.3, 0.4) is 0 Å². The number of phenolic OH excluding ortho intramolecular Hbond substituents is 2. The Kier molecular flexibility index (Phi) is 5.68. The molecule has 0 unspecified atom stereocenters. The fourth-order valence-corrected chi connectivity index (χ4v) is 2.05. The summed E-state index contributed by atoms with van der Waals surface area (Å²) < 4.78 is 10.0. The zero-order valence-electron chi connectivity index (χ0n) is 13.4. The number of carbonyl (C=O) groups excluding carboxylic acids is 1. The second-order valence-corrected chi connectivity index (χ2v) is 4.99. The van der Waals surface area contributed by atoms with Gasteiger partial charge in [-0.05, 0) is 41.5 Å². The fraction of sp³-hybridized carbons (Fsp3) is 0.167. The molecule has 0 bridgehead atoms. The number of ether oxygens (including phenoxy) is 2. The van der Waals surface area contributed by atoms with Crippen molar-refractivity contribution in [1.82, 2.24) is 5.32 Å². The molecule has 0 heterocycles. The van der Waals surface area contributed by atoms with Gasteiger partial charge in [0.15, 0.2) is 23.0 Å². The molecule has 0 aliphatic heterocycles. The van der Waals surface area contributed by atoms with Crippen molar-refractivity contribution in [2.24, 2.45) is 0 Å². The van der Waals surface area contributed by atoms with Gasteiger partial charge in [-0.1, -0.05) is 12.1 Å². The van der Waals surface area contributed by atoms with Gasteiger partial charge < -0.3 is 25.0 Å². The van der Waals surface area contributed by atoms with Crippen molar-refractivity contribution in [2.75, 3.05) is 14.2 Å². The van der Waals surface area contributed by atoms with E-state index in [4.69, 9.17) is 9.47 Å². The highest BCUT2D eigenvalue weighted by atomic mass is 16.5. The van der Waals surface area contributed by atoms with E-state index in [1.165, 1.54) is 32.4 Å². The van der Waals surface area contributed by atoms with E-state index < -0.39 is 0 Å². The molecule has 2 rings (SSSR count). The van der Waals surface area contributed by atoms with Crippen molar-refractivity contribution < 1.29 is 24.5 Å². The maximum Gasteiger partial charge on any atom is 0.244 e. The largest absolute Gasteiger partial charge is 0.504 e. The highest BCUT2D eigenvalue weighted by Gasteiger charge is 2.04. The minimum absolute atomic E-state index is 0.0420. The molecule has 0 aliphatic carbocycles. The third kappa shape index (κ3) is 4.42. The lowest BCUT2D eigenvalue weighted by Crippen LogP contribution is -2.20. The molecule has 2 aromatic rings. The summed E-state index contributed by atoms with van der Waals surface area (Å²) in [7, 11) is 2.92. The van der Waals surface area contributed by atoms with E-state index in [9.17, 15) is 15.0 Å². The van der Waals surface area contributed by atoms with Crippen molar-refractivity contribution in [3.63, 3.8) is 0 Å². The van der Waals surface area contributed by atoms with Gasteiger partial charge in [-0.25, -0.2) is 0 Å². The van der Waals surface area contributed by atoms with Crippen LogP contribution in [-0.4, -0.2) is 30.3 Å². The minimum Gasteiger partial charge on any atom is -0.504 e. The van der Waals surface area contributed by atoms with Crippen molar-refractivity contribution in [1.29, 1.82) is 0 Å². The Bertz CT molecular complexity index is 755. The first-order valence-electron chi connectivity index (χ1n) is 7.22. The zero-order chi connectivity index (χ0) is 17.5. The summed E-state index contributed by atoms with van der Waals surface area (Å²) in [5, 5.41) is 21.8. The van der Waals surface area contributed by atoms with Crippen molar-refractivity contribution >= 4 is 12.0 Å². The maximum atomic E-state index is 11.9. The van der Waals surface area contributed by atoms with Gasteiger partial charge in [0.2, 0.25) is 5.91 Å². The molecule has 0 saturated heterocycles. The Morgan fingerprint density at radius 2 is 1.67 bits per heavy atom. The van der Waals surface area contributed by atoms with E-state index in [2.05, 4.69) is 5.32 Å². The van der Waals surface area contributed by atoms with Crippen molar-refractivity contribution in [3.05, 3.63) is 53.6 Å². The van der Waals surface area contributed by atoms with Gasteiger partial charge >= 0.3 is 0 Å². The molecule has 24 heavy (non-hydrogen) atoms. The van der Waals surface area contributed by atoms with E-state index >= 15 is 0 Å². The van der Waals surface area contributed by atoms with Crippen LogP contribution in [0.15, 0.2) is 42.5 Å². The van der Waals surface area contributed by atoms with Gasteiger partial charge in [-0.2, -0.15) is 0 Å². The second kappa shape index (κ2) is 7.92. The van der Waals surface area contributed by atoms with Crippen molar-refractivity contribution in [2.45, 2.75) is 6.54 Å². The number of aromatic hydroxyl groups is 2. The number of rotatable bonds is 6. The monoisotopic (exact) mass is 329 g/mol. The lowest BCUT2D eigenvalue weighted by atomic mass is 10.2. The van der Waals surface area contributed by atoms with E-state index in [0.717, 1.165) is 11.1 Å². The molecule has 0 aromatic heterocycles. The first kappa shape index (κ1) is 17.2. The molecule has 2 aromatic carbocycles. The van der Waals surface area contributed by atoms with E-state index in [1.54, 1.807) is 30.3 Å². The Labute approximate surface area is 140 Å². The smallest absolute Gasteiger partial charge is 0.244 e. The molecule has 0 atom stereocenters. The number of benzene rings is 2. The molecule has 6 heteroatoms. The maximum absolute atomic E-state index is 11.9. The third-order valence-electron chi connectivity index (χ3n) is 3.34. The Balaban J connectivity index is 1.96. The first-order chi connectivity index (χ1) is 11.5. The average Bonchev–Trinajstić information content (AvgIpc) is 2.60. The number of amides is 1. The molecule has 0 fully saturated rings. The normalized spacial score (nSPS) is 10.6. The van der Waals surface area contributed by atoms with E-state index in [-0.39, 0.29) is 17.4 Å². The molecule has 1 amide bonds. The Morgan fingerprint density at radius 3 is 2.33 bits per heavy atom. The van der Waals surface area contributed by atoms with Gasteiger partial charge in [-0.15, -0.1) is 0 Å². The molecule has 0 saturated carbocycles. The van der Waals surface area contributed by atoms with E-state index in [0.29, 0.717) is 18.0 Å². The molecular formula is C18H19NO5. The molecule has 0 spiro atoms. The predicted molar refractivity (Wildman–Crippen MR) is 90.2 cm³/mol. The molecule has 126 valence electrons. The first-order valence-corrected chi connectivity index (χ1v) is 7.22. The number of carbonyl (C=O) groups is 1. The van der Waals surface area contributed by atoms with Gasteiger partial charge in [0.25, 0.3) is 0 Å². The quantitative estimate of drug-likeness (QED) is 0.709. The standard InChI is InChI=1S/C18H19NO5/c1-23-16-9-12(3-6-14(16)20)5-8-18(22)19-11-13-4-7-15(21)17(10-13)24-2/h3-10,20-21H,11H2,1-2H3,(H,19,22)/b8-5+. The molecule has 0 aliphatic rings. The van der Waals surface area contributed by atoms with Crippen LogP contribution in [0.25, 0.3) is 6.08 Å². The molecule has 3 N–H and O–H groups in total. The Morgan fingerprint density at radius 1 is 1.04 bits per heavy atom. The fourth-order valence-electron chi connectivity index (χ4n) is 2.05. The summed E-state index contributed by atoms with van der Waals surface area (Å²) in [6, 6.07) is 9.67. The third-order valence-corrected chi connectivity index (χ3v) is 3.34. The van der Waals surface area contributed by atoms with Crippen LogP contribution in [0.5, 0.6) is 23.0 Å². The van der Waals surface area contributed by atoms with Crippen LogP contribution in [0, 0.1) is 0 Å². The average molecular weight is 329 g/mol. The predicted octanol–water partition coefficient (Wildman–Crippen LogP) is 2.44. The Hall–Kier alpha value is -3.15. The van der Waals surface area contributed by atoms with Gasteiger partial charge in [0.05, 0.1) is 14.2 Å². The SMILES string of the molecule is COc1cc(/C=C/C(=O)NCc2ccc(O)c(OC)c2)ccc1O. The summed E-state index contributed by atoms with van der Waals surface area (Å²) >= 11 is 0. The highest BCUT2D eigenvalue weighted by molar-refractivity contribution is 5.91. The highest BCUT2D eigenvalue weighted by Crippen LogP contribution is 2.27. The summed E-state index contributed by atoms with van der Waals surface area (Å²) in [5.74, 6) is 0.519. The molecular weight excluding hydrogens is 310 g/mol. The number of phenols is 2. The molecule has 0 radical (unpaired) electrons. The topological polar surface area (TPSA) is 88.0 Å². The van der Waals surface area contributed by atoms with E-state index in [1.807, 2.05) is 0 Å². The number of hydrogen-bond donors (Lipinski definition) is 3. The summed E-state index contributed by atoms with van der Waals surface area (Å²) in [6.07, 6.45) is 3.01. The summed E-state index contributed by atoms with van der Waals surface area (Å²) in [5.41, 5.74) is 1.53. The minimum atomic E-state index is -0.269. The van der Waals surface area contributed by atoms with Crippen LogP contribution < -0.4 is 14.8 Å². The van der Waals surface area contributed by atoms with Crippen molar-refractivity contribution in [3.8, 4) is 23.0 Å². The number of methoxy groups -OCH3 is 2. The number of hydrogen-bond acceptors (Lipinski definition) is 5.